The lowest BCUT2D eigenvalue weighted by molar-refractivity contribution is 0.102. The summed E-state index contributed by atoms with van der Waals surface area (Å²) in [4.78, 5) is 17.9. The van der Waals surface area contributed by atoms with Crippen LogP contribution in [0, 0.1) is 12.7 Å². The number of carbonyl (C=O) groups is 1. The first-order valence-electron chi connectivity index (χ1n) is 7.95. The first-order valence-corrected chi connectivity index (χ1v) is 9.56. The quantitative estimate of drug-likeness (QED) is 0.562. The fraction of sp³-hybridized carbons (Fsp3) is 0.158. The number of nitrogens with zero attached hydrogens (tertiary/aromatic N) is 1. The summed E-state index contributed by atoms with van der Waals surface area (Å²) < 4.78 is 19.4. The Hall–Kier alpha value is -2.25. The number of aryl methyl sites for hydroxylation is 1. The SMILES string of the molecule is CCOc1ccc(-c2nc(NC(=O)c3cc(F)ccc3Br)sc2C)cc1. The summed E-state index contributed by atoms with van der Waals surface area (Å²) in [5.74, 6) is -0.0827. The number of benzene rings is 2. The van der Waals surface area contributed by atoms with Crippen molar-refractivity contribution >= 4 is 38.3 Å². The van der Waals surface area contributed by atoms with E-state index < -0.39 is 11.7 Å². The van der Waals surface area contributed by atoms with Crippen LogP contribution in [0.4, 0.5) is 9.52 Å². The molecule has 0 unspecified atom stereocenters. The van der Waals surface area contributed by atoms with Crippen molar-refractivity contribution in [1.82, 2.24) is 4.98 Å². The summed E-state index contributed by atoms with van der Waals surface area (Å²) in [7, 11) is 0. The lowest BCUT2D eigenvalue weighted by atomic mass is 10.1. The van der Waals surface area contributed by atoms with Gasteiger partial charge < -0.3 is 4.74 Å². The zero-order valence-corrected chi connectivity index (χ0v) is 16.6. The minimum Gasteiger partial charge on any atom is -0.494 e. The number of thiazole rings is 1. The van der Waals surface area contributed by atoms with Crippen LogP contribution in [-0.2, 0) is 0 Å². The maximum absolute atomic E-state index is 13.4. The number of amides is 1. The third-order valence-corrected chi connectivity index (χ3v) is 5.21. The second-order valence-corrected chi connectivity index (χ2v) is 7.52. The zero-order valence-electron chi connectivity index (χ0n) is 14.2. The molecule has 7 heteroatoms. The Labute approximate surface area is 163 Å². The van der Waals surface area contributed by atoms with Crippen LogP contribution in [0.2, 0.25) is 0 Å². The fourth-order valence-electron chi connectivity index (χ4n) is 2.43. The topological polar surface area (TPSA) is 51.2 Å². The number of halogens is 2. The molecule has 1 aromatic heterocycles. The molecule has 4 nitrogen and oxygen atoms in total. The van der Waals surface area contributed by atoms with Gasteiger partial charge >= 0.3 is 0 Å². The predicted molar refractivity (Wildman–Crippen MR) is 106 cm³/mol. The summed E-state index contributed by atoms with van der Waals surface area (Å²) in [5.41, 5.74) is 1.96. The number of carbonyl (C=O) groups excluding carboxylic acids is 1. The first-order chi connectivity index (χ1) is 12.5. The summed E-state index contributed by atoms with van der Waals surface area (Å²) >= 11 is 4.64. The molecule has 0 bridgehead atoms. The molecule has 0 spiro atoms. The van der Waals surface area contributed by atoms with Gasteiger partial charge in [-0.1, -0.05) is 0 Å². The lowest BCUT2D eigenvalue weighted by Crippen LogP contribution is -2.12. The molecule has 0 saturated heterocycles. The van der Waals surface area contributed by atoms with E-state index in [2.05, 4.69) is 26.2 Å². The van der Waals surface area contributed by atoms with Gasteiger partial charge in [-0.05, 0) is 72.2 Å². The van der Waals surface area contributed by atoms with E-state index in [-0.39, 0.29) is 5.56 Å². The van der Waals surface area contributed by atoms with Gasteiger partial charge in [0.05, 0.1) is 17.9 Å². The molecule has 3 aromatic rings. The van der Waals surface area contributed by atoms with E-state index >= 15 is 0 Å². The molecular formula is C19H16BrFN2O2S. The normalized spacial score (nSPS) is 10.6. The van der Waals surface area contributed by atoms with E-state index in [4.69, 9.17) is 4.74 Å². The van der Waals surface area contributed by atoms with Crippen LogP contribution in [-0.4, -0.2) is 17.5 Å². The van der Waals surface area contributed by atoms with Crippen LogP contribution in [0.15, 0.2) is 46.9 Å². The van der Waals surface area contributed by atoms with Gasteiger partial charge in [0.15, 0.2) is 5.13 Å². The molecule has 134 valence electrons. The van der Waals surface area contributed by atoms with Gasteiger partial charge in [0, 0.05) is 14.9 Å². The molecule has 0 atom stereocenters. The molecule has 0 aliphatic heterocycles. The number of nitrogens with one attached hydrogen (secondary N) is 1. The molecule has 2 aromatic carbocycles. The Morgan fingerprint density at radius 1 is 1.27 bits per heavy atom. The van der Waals surface area contributed by atoms with Gasteiger partial charge in [-0.2, -0.15) is 0 Å². The Kier molecular flexibility index (Phi) is 5.68. The monoisotopic (exact) mass is 434 g/mol. The van der Waals surface area contributed by atoms with Gasteiger partial charge in [-0.15, -0.1) is 11.3 Å². The smallest absolute Gasteiger partial charge is 0.258 e. The number of hydrogen-bond donors (Lipinski definition) is 1. The highest BCUT2D eigenvalue weighted by molar-refractivity contribution is 9.10. The van der Waals surface area contributed by atoms with Crippen molar-refractivity contribution in [3.05, 3.63) is 63.2 Å². The van der Waals surface area contributed by atoms with E-state index in [1.807, 2.05) is 38.1 Å². The van der Waals surface area contributed by atoms with Crippen LogP contribution in [0.3, 0.4) is 0 Å². The van der Waals surface area contributed by atoms with Crippen LogP contribution in [0.1, 0.15) is 22.2 Å². The molecule has 0 aliphatic carbocycles. The first kappa shape index (κ1) is 18.5. The Bertz CT molecular complexity index is 941. The van der Waals surface area contributed by atoms with Crippen molar-refractivity contribution in [3.8, 4) is 17.0 Å². The van der Waals surface area contributed by atoms with Crippen molar-refractivity contribution in [2.24, 2.45) is 0 Å². The van der Waals surface area contributed by atoms with Gasteiger partial charge in [-0.3, -0.25) is 10.1 Å². The van der Waals surface area contributed by atoms with Crippen molar-refractivity contribution in [3.63, 3.8) is 0 Å². The predicted octanol–water partition coefficient (Wildman–Crippen LogP) is 5.67. The highest BCUT2D eigenvalue weighted by atomic mass is 79.9. The number of aromatic nitrogens is 1. The number of hydrogen-bond acceptors (Lipinski definition) is 4. The molecule has 3 rings (SSSR count). The summed E-state index contributed by atoms with van der Waals surface area (Å²) in [6.45, 7) is 4.49. The van der Waals surface area contributed by atoms with Crippen LogP contribution in [0.5, 0.6) is 5.75 Å². The van der Waals surface area contributed by atoms with E-state index in [1.165, 1.54) is 29.5 Å². The molecule has 0 fully saturated rings. The average molecular weight is 435 g/mol. The van der Waals surface area contributed by atoms with Crippen LogP contribution in [0.25, 0.3) is 11.3 Å². The minimum atomic E-state index is -0.469. The zero-order chi connectivity index (χ0) is 18.7. The average Bonchev–Trinajstić information content (AvgIpc) is 2.98. The fourth-order valence-corrected chi connectivity index (χ4v) is 3.69. The van der Waals surface area contributed by atoms with Gasteiger partial charge in [0.25, 0.3) is 5.91 Å². The van der Waals surface area contributed by atoms with E-state index in [0.717, 1.165) is 21.9 Å². The number of rotatable bonds is 5. The molecule has 0 radical (unpaired) electrons. The molecule has 1 N–H and O–H groups in total. The second kappa shape index (κ2) is 7.97. The summed E-state index contributed by atoms with van der Waals surface area (Å²) in [6, 6.07) is 11.6. The Morgan fingerprint density at radius 3 is 2.69 bits per heavy atom. The highest BCUT2D eigenvalue weighted by Crippen LogP contribution is 2.32. The van der Waals surface area contributed by atoms with E-state index in [0.29, 0.717) is 16.2 Å². The van der Waals surface area contributed by atoms with Crippen molar-refractivity contribution in [2.75, 3.05) is 11.9 Å². The maximum atomic E-state index is 13.4. The largest absolute Gasteiger partial charge is 0.494 e. The standard InChI is InChI=1S/C19H16BrFN2O2S/c1-3-25-14-7-4-12(5-8-14)17-11(2)26-19(22-17)23-18(24)15-10-13(21)6-9-16(15)20/h4-10H,3H2,1-2H3,(H,22,23,24). The summed E-state index contributed by atoms with van der Waals surface area (Å²) in [6.07, 6.45) is 0. The van der Waals surface area contributed by atoms with E-state index in [1.54, 1.807) is 0 Å². The van der Waals surface area contributed by atoms with Gasteiger partial charge in [-0.25, -0.2) is 9.37 Å². The van der Waals surface area contributed by atoms with Crippen molar-refractivity contribution < 1.29 is 13.9 Å². The van der Waals surface area contributed by atoms with Crippen LogP contribution >= 0.6 is 27.3 Å². The number of anilines is 1. The molecule has 26 heavy (non-hydrogen) atoms. The minimum absolute atomic E-state index is 0.223. The molecule has 1 amide bonds. The third-order valence-electron chi connectivity index (χ3n) is 3.63. The Morgan fingerprint density at radius 2 is 2.00 bits per heavy atom. The molecule has 0 aliphatic rings. The third kappa shape index (κ3) is 4.11. The maximum Gasteiger partial charge on any atom is 0.258 e. The van der Waals surface area contributed by atoms with Crippen molar-refractivity contribution in [2.45, 2.75) is 13.8 Å². The molecule has 0 saturated carbocycles. The van der Waals surface area contributed by atoms with Crippen molar-refractivity contribution in [1.29, 1.82) is 0 Å². The van der Waals surface area contributed by atoms with E-state index in [9.17, 15) is 9.18 Å². The molecule has 1 heterocycles. The van der Waals surface area contributed by atoms with Gasteiger partial charge in [0.1, 0.15) is 11.6 Å². The summed E-state index contributed by atoms with van der Waals surface area (Å²) in [5, 5.41) is 3.20. The lowest BCUT2D eigenvalue weighted by Gasteiger charge is -2.05. The van der Waals surface area contributed by atoms with Gasteiger partial charge in [0.2, 0.25) is 0 Å². The Balaban J connectivity index is 1.81. The second-order valence-electron chi connectivity index (χ2n) is 5.46. The highest BCUT2D eigenvalue weighted by Gasteiger charge is 2.15. The number of ether oxygens (including phenoxy) is 1. The molecular weight excluding hydrogens is 419 g/mol. The van der Waals surface area contributed by atoms with Crippen LogP contribution < -0.4 is 10.1 Å².